The van der Waals surface area contributed by atoms with Crippen LogP contribution >= 0.6 is 11.3 Å². The van der Waals surface area contributed by atoms with Crippen molar-refractivity contribution in [2.45, 2.75) is 19.8 Å². The Balaban J connectivity index is 1.72. The summed E-state index contributed by atoms with van der Waals surface area (Å²) in [6.45, 7) is 2.11. The second kappa shape index (κ2) is 5.53. The molecule has 0 spiro atoms. The zero-order chi connectivity index (χ0) is 15.7. The number of amides is 1. The Kier molecular flexibility index (Phi) is 3.70. The van der Waals surface area contributed by atoms with Crippen LogP contribution in [0.5, 0.6) is 0 Å². The van der Waals surface area contributed by atoms with Gasteiger partial charge in [-0.25, -0.2) is 4.98 Å². The summed E-state index contributed by atoms with van der Waals surface area (Å²) in [6.07, 6.45) is 1.25. The van der Waals surface area contributed by atoms with E-state index in [1.807, 2.05) is 24.4 Å². The monoisotopic (exact) mass is 316 g/mol. The summed E-state index contributed by atoms with van der Waals surface area (Å²) in [7, 11) is 0. The molecule has 1 saturated carbocycles. The van der Waals surface area contributed by atoms with E-state index in [1.54, 1.807) is 12.1 Å². The Labute approximate surface area is 132 Å². The minimum atomic E-state index is -0.834. The summed E-state index contributed by atoms with van der Waals surface area (Å²) in [5.41, 5.74) is 1.61. The molecule has 2 N–H and O–H groups in total. The number of carbonyl (C=O) groups excluding carboxylic acids is 1. The Hall–Kier alpha value is -2.21. The lowest BCUT2D eigenvalue weighted by molar-refractivity contribution is -0.143. The number of rotatable bonds is 5. The Morgan fingerprint density at radius 1 is 1.41 bits per heavy atom. The molecule has 1 heterocycles. The fourth-order valence-corrected chi connectivity index (χ4v) is 3.04. The number of hydrogen-bond donors (Lipinski definition) is 2. The first-order valence-corrected chi connectivity index (χ1v) is 7.92. The number of aliphatic carboxylic acids is 1. The molecule has 1 aliphatic carbocycles. The minimum absolute atomic E-state index is 0.182. The number of carboxylic acids is 1. The molecule has 22 heavy (non-hydrogen) atoms. The molecular weight excluding hydrogens is 300 g/mol. The van der Waals surface area contributed by atoms with Gasteiger partial charge in [-0.3, -0.25) is 9.59 Å². The number of carbonyl (C=O) groups is 2. The predicted octanol–water partition coefficient (Wildman–Crippen LogP) is 2.71. The molecule has 0 bridgehead atoms. The van der Waals surface area contributed by atoms with E-state index in [0.29, 0.717) is 18.4 Å². The summed E-state index contributed by atoms with van der Waals surface area (Å²) in [5.74, 6) is -1.08. The minimum Gasteiger partial charge on any atom is -0.481 e. The molecule has 0 aliphatic heterocycles. The molecule has 2 aromatic rings. The van der Waals surface area contributed by atoms with Crippen molar-refractivity contribution in [2.24, 2.45) is 5.41 Å². The predicted molar refractivity (Wildman–Crippen MR) is 83.9 cm³/mol. The zero-order valence-corrected chi connectivity index (χ0v) is 12.9. The van der Waals surface area contributed by atoms with Crippen molar-refractivity contribution >= 4 is 23.2 Å². The van der Waals surface area contributed by atoms with Crippen LogP contribution in [0.2, 0.25) is 0 Å². The number of aryl methyl sites for hydroxylation is 1. The van der Waals surface area contributed by atoms with Gasteiger partial charge in [0.05, 0.1) is 5.41 Å². The fraction of sp³-hybridized carbons (Fsp3) is 0.312. The van der Waals surface area contributed by atoms with Crippen LogP contribution in [0.1, 0.15) is 28.9 Å². The number of nitrogens with zero attached hydrogens (tertiary/aromatic N) is 1. The molecule has 3 rings (SSSR count). The summed E-state index contributed by atoms with van der Waals surface area (Å²) in [6, 6.07) is 7.23. The van der Waals surface area contributed by atoms with Crippen molar-refractivity contribution in [1.82, 2.24) is 10.3 Å². The average molecular weight is 316 g/mol. The van der Waals surface area contributed by atoms with Crippen LogP contribution in [0, 0.1) is 12.3 Å². The summed E-state index contributed by atoms with van der Waals surface area (Å²) >= 11 is 1.53. The molecule has 1 amide bonds. The molecule has 114 valence electrons. The van der Waals surface area contributed by atoms with Crippen LogP contribution in [0.15, 0.2) is 29.6 Å². The van der Waals surface area contributed by atoms with Crippen molar-refractivity contribution in [2.75, 3.05) is 6.54 Å². The van der Waals surface area contributed by atoms with Gasteiger partial charge in [0.25, 0.3) is 5.91 Å². The standard InChI is InChI=1S/C16H16N2O3S/c1-10-8-22-14(18-10)12-4-2-3-11(7-12)13(19)17-9-16(5-6-16)15(20)21/h2-4,7-8H,5-6,9H2,1H3,(H,17,19)(H,20,21). The maximum absolute atomic E-state index is 12.2. The van der Waals surface area contributed by atoms with Gasteiger partial charge in [-0.1, -0.05) is 12.1 Å². The number of aromatic nitrogens is 1. The quantitative estimate of drug-likeness (QED) is 0.889. The molecular formula is C16H16N2O3S. The van der Waals surface area contributed by atoms with Gasteiger partial charge in [-0.15, -0.1) is 11.3 Å². The van der Waals surface area contributed by atoms with Crippen LogP contribution in [-0.4, -0.2) is 28.5 Å². The van der Waals surface area contributed by atoms with E-state index in [4.69, 9.17) is 5.11 Å². The van der Waals surface area contributed by atoms with E-state index >= 15 is 0 Å². The van der Waals surface area contributed by atoms with Gasteiger partial charge in [0.2, 0.25) is 0 Å². The highest BCUT2D eigenvalue weighted by Gasteiger charge is 2.50. The number of benzene rings is 1. The third-order valence-electron chi connectivity index (χ3n) is 3.89. The smallest absolute Gasteiger partial charge is 0.311 e. The number of carboxylic acid groups (broad SMARTS) is 1. The lowest BCUT2D eigenvalue weighted by Crippen LogP contribution is -2.34. The van der Waals surface area contributed by atoms with Gasteiger partial charge in [-0.05, 0) is 31.9 Å². The van der Waals surface area contributed by atoms with Gasteiger partial charge in [-0.2, -0.15) is 0 Å². The first kappa shape index (κ1) is 14.7. The maximum Gasteiger partial charge on any atom is 0.311 e. The maximum atomic E-state index is 12.2. The van der Waals surface area contributed by atoms with Crippen molar-refractivity contribution < 1.29 is 14.7 Å². The van der Waals surface area contributed by atoms with Gasteiger partial charge in [0, 0.05) is 28.7 Å². The van der Waals surface area contributed by atoms with Crippen LogP contribution in [0.3, 0.4) is 0 Å². The highest BCUT2D eigenvalue weighted by Crippen LogP contribution is 2.45. The molecule has 6 heteroatoms. The SMILES string of the molecule is Cc1csc(-c2cccc(C(=O)NCC3(C(=O)O)CC3)c2)n1. The lowest BCUT2D eigenvalue weighted by atomic mass is 10.1. The van der Waals surface area contributed by atoms with Crippen molar-refractivity contribution in [3.63, 3.8) is 0 Å². The van der Waals surface area contributed by atoms with E-state index in [1.165, 1.54) is 11.3 Å². The molecule has 0 atom stereocenters. The highest BCUT2D eigenvalue weighted by molar-refractivity contribution is 7.13. The first-order chi connectivity index (χ1) is 10.5. The Morgan fingerprint density at radius 2 is 2.18 bits per heavy atom. The number of hydrogen-bond acceptors (Lipinski definition) is 4. The van der Waals surface area contributed by atoms with Gasteiger partial charge in [0.15, 0.2) is 0 Å². The molecule has 1 aromatic heterocycles. The molecule has 1 aliphatic rings. The largest absolute Gasteiger partial charge is 0.481 e. The van der Waals surface area contributed by atoms with Crippen LogP contribution in [-0.2, 0) is 4.79 Å². The summed E-state index contributed by atoms with van der Waals surface area (Å²) in [4.78, 5) is 27.7. The van der Waals surface area contributed by atoms with Gasteiger partial charge >= 0.3 is 5.97 Å². The molecule has 5 nitrogen and oxygen atoms in total. The normalized spacial score (nSPS) is 15.3. The topological polar surface area (TPSA) is 79.3 Å². The summed E-state index contributed by atoms with van der Waals surface area (Å²) in [5, 5.41) is 14.7. The lowest BCUT2D eigenvalue weighted by Gasteiger charge is -2.11. The molecule has 0 unspecified atom stereocenters. The fourth-order valence-electron chi connectivity index (χ4n) is 2.25. The average Bonchev–Trinajstić information content (AvgIpc) is 3.20. The van der Waals surface area contributed by atoms with E-state index in [0.717, 1.165) is 16.3 Å². The highest BCUT2D eigenvalue weighted by atomic mass is 32.1. The van der Waals surface area contributed by atoms with Crippen molar-refractivity contribution in [3.05, 3.63) is 40.9 Å². The Morgan fingerprint density at radius 3 is 2.77 bits per heavy atom. The van der Waals surface area contributed by atoms with Crippen molar-refractivity contribution in [1.29, 1.82) is 0 Å². The van der Waals surface area contributed by atoms with Gasteiger partial charge < -0.3 is 10.4 Å². The number of nitrogens with one attached hydrogen (secondary N) is 1. The Bertz CT molecular complexity index is 734. The van der Waals surface area contributed by atoms with Gasteiger partial charge in [0.1, 0.15) is 5.01 Å². The molecule has 0 saturated heterocycles. The van der Waals surface area contributed by atoms with E-state index in [-0.39, 0.29) is 12.5 Å². The second-order valence-corrected chi connectivity index (χ2v) is 6.50. The van der Waals surface area contributed by atoms with E-state index in [9.17, 15) is 9.59 Å². The summed E-state index contributed by atoms with van der Waals surface area (Å²) < 4.78 is 0. The first-order valence-electron chi connectivity index (χ1n) is 7.04. The van der Waals surface area contributed by atoms with Crippen LogP contribution in [0.4, 0.5) is 0 Å². The van der Waals surface area contributed by atoms with Crippen molar-refractivity contribution in [3.8, 4) is 10.6 Å². The second-order valence-electron chi connectivity index (χ2n) is 5.64. The third kappa shape index (κ3) is 2.87. The molecule has 1 aromatic carbocycles. The third-order valence-corrected chi connectivity index (χ3v) is 4.89. The van der Waals surface area contributed by atoms with E-state index in [2.05, 4.69) is 10.3 Å². The molecule has 0 radical (unpaired) electrons. The molecule has 1 fully saturated rings. The number of thiazole rings is 1. The zero-order valence-electron chi connectivity index (χ0n) is 12.1. The van der Waals surface area contributed by atoms with Crippen LogP contribution < -0.4 is 5.32 Å². The van der Waals surface area contributed by atoms with Crippen LogP contribution in [0.25, 0.3) is 10.6 Å². The van der Waals surface area contributed by atoms with E-state index < -0.39 is 11.4 Å².